The van der Waals surface area contributed by atoms with Gasteiger partial charge in [-0.2, -0.15) is 0 Å². The maximum Gasteiger partial charge on any atom is 0.214 e. The van der Waals surface area contributed by atoms with Crippen molar-refractivity contribution in [1.29, 1.82) is 0 Å². The van der Waals surface area contributed by atoms with Gasteiger partial charge in [0.15, 0.2) is 0 Å². The zero-order valence-electron chi connectivity index (χ0n) is 8.35. The van der Waals surface area contributed by atoms with Gasteiger partial charge in [0.1, 0.15) is 0 Å². The molecule has 4 nitrogen and oxygen atoms in total. The molecule has 82 valence electrons. The highest BCUT2D eigenvalue weighted by atomic mass is 32.2. The molecule has 0 aromatic carbocycles. The molecule has 14 heavy (non-hydrogen) atoms. The van der Waals surface area contributed by atoms with E-state index in [4.69, 9.17) is 5.73 Å². The summed E-state index contributed by atoms with van der Waals surface area (Å²) < 4.78 is 24.9. The fraction of sp³-hybridized carbons (Fsp3) is 0.778. The molecule has 0 amide bonds. The van der Waals surface area contributed by atoms with Crippen LogP contribution < -0.4 is 5.73 Å². The van der Waals surface area contributed by atoms with E-state index in [0.29, 0.717) is 32.0 Å². The van der Waals surface area contributed by atoms with E-state index in [0.717, 1.165) is 6.42 Å². The third-order valence-electron chi connectivity index (χ3n) is 2.56. The van der Waals surface area contributed by atoms with Gasteiger partial charge in [0, 0.05) is 13.1 Å². The van der Waals surface area contributed by atoms with Crippen molar-refractivity contribution in [3.05, 3.63) is 12.7 Å². The minimum atomic E-state index is -3.06. The third-order valence-corrected chi connectivity index (χ3v) is 4.43. The zero-order chi connectivity index (χ0) is 10.6. The molecule has 1 rings (SSSR count). The number of nitrogens with two attached hydrogens (primary N) is 1. The van der Waals surface area contributed by atoms with Crippen molar-refractivity contribution in [2.45, 2.75) is 12.8 Å². The van der Waals surface area contributed by atoms with E-state index in [9.17, 15) is 8.42 Å². The van der Waals surface area contributed by atoms with Gasteiger partial charge >= 0.3 is 0 Å². The molecule has 0 aromatic heterocycles. The lowest BCUT2D eigenvalue weighted by Crippen LogP contribution is -2.31. The van der Waals surface area contributed by atoms with Crippen LogP contribution in [0.15, 0.2) is 12.7 Å². The first-order valence-corrected chi connectivity index (χ1v) is 6.50. The van der Waals surface area contributed by atoms with Crippen LogP contribution in [-0.4, -0.2) is 38.1 Å². The highest BCUT2D eigenvalue weighted by molar-refractivity contribution is 7.89. The molecule has 1 fully saturated rings. The highest BCUT2D eigenvalue weighted by Crippen LogP contribution is 2.18. The van der Waals surface area contributed by atoms with Crippen LogP contribution in [0.5, 0.6) is 0 Å². The van der Waals surface area contributed by atoms with E-state index in [1.54, 1.807) is 10.4 Å². The average Bonchev–Trinajstić information content (AvgIpc) is 2.63. The van der Waals surface area contributed by atoms with Gasteiger partial charge < -0.3 is 5.73 Å². The summed E-state index contributed by atoms with van der Waals surface area (Å²) in [6.07, 6.45) is 3.05. The lowest BCUT2D eigenvalue weighted by molar-refractivity contribution is 0.459. The van der Waals surface area contributed by atoms with Crippen molar-refractivity contribution in [3.8, 4) is 0 Å². The quantitative estimate of drug-likeness (QED) is 0.669. The second-order valence-electron chi connectivity index (χ2n) is 3.64. The second-order valence-corrected chi connectivity index (χ2v) is 5.73. The second kappa shape index (κ2) is 4.91. The molecular weight excluding hydrogens is 200 g/mol. The van der Waals surface area contributed by atoms with E-state index < -0.39 is 10.0 Å². The maximum absolute atomic E-state index is 11.7. The Morgan fingerprint density at radius 2 is 2.29 bits per heavy atom. The summed E-state index contributed by atoms with van der Waals surface area (Å²) in [5.74, 6) is 0.516. The van der Waals surface area contributed by atoms with Crippen molar-refractivity contribution in [1.82, 2.24) is 4.31 Å². The Morgan fingerprint density at radius 1 is 1.57 bits per heavy atom. The van der Waals surface area contributed by atoms with Crippen LogP contribution in [0.4, 0.5) is 0 Å². The summed E-state index contributed by atoms with van der Waals surface area (Å²) in [4.78, 5) is 0. The first-order chi connectivity index (χ1) is 6.60. The predicted octanol–water partition coefficient (Wildman–Crippen LogP) is 0.173. The Morgan fingerprint density at radius 3 is 2.79 bits per heavy atom. The van der Waals surface area contributed by atoms with Crippen molar-refractivity contribution in [2.24, 2.45) is 11.7 Å². The summed E-state index contributed by atoms with van der Waals surface area (Å²) in [5, 5.41) is 0. The summed E-state index contributed by atoms with van der Waals surface area (Å²) in [5.41, 5.74) is 5.50. The van der Waals surface area contributed by atoms with Gasteiger partial charge in [0.25, 0.3) is 0 Å². The molecule has 1 heterocycles. The number of allylic oxidation sites excluding steroid dienone is 1. The van der Waals surface area contributed by atoms with Crippen LogP contribution in [0.1, 0.15) is 12.8 Å². The van der Waals surface area contributed by atoms with Gasteiger partial charge in [-0.25, -0.2) is 12.7 Å². The van der Waals surface area contributed by atoms with E-state index in [1.807, 2.05) is 0 Å². The lowest BCUT2D eigenvalue weighted by atomic mass is 10.1. The van der Waals surface area contributed by atoms with E-state index >= 15 is 0 Å². The normalized spacial score (nSPS) is 23.9. The number of hydrogen-bond acceptors (Lipinski definition) is 3. The Labute approximate surface area is 85.8 Å². The Bertz CT molecular complexity index is 287. The lowest BCUT2D eigenvalue weighted by Gasteiger charge is -2.15. The summed E-state index contributed by atoms with van der Waals surface area (Å²) >= 11 is 0. The molecule has 0 radical (unpaired) electrons. The maximum atomic E-state index is 11.7. The van der Waals surface area contributed by atoms with Crippen molar-refractivity contribution < 1.29 is 8.42 Å². The molecule has 0 aromatic rings. The SMILES string of the molecule is C=CCCS(=O)(=O)N1CCC(CN)C1. The molecule has 0 bridgehead atoms. The minimum Gasteiger partial charge on any atom is -0.330 e. The van der Waals surface area contributed by atoms with Crippen LogP contribution in [0.25, 0.3) is 0 Å². The van der Waals surface area contributed by atoms with E-state index in [2.05, 4.69) is 6.58 Å². The van der Waals surface area contributed by atoms with Gasteiger partial charge in [0.2, 0.25) is 10.0 Å². The molecule has 2 N–H and O–H groups in total. The molecule has 0 aliphatic carbocycles. The molecule has 0 spiro atoms. The van der Waals surface area contributed by atoms with Crippen LogP contribution in [0, 0.1) is 5.92 Å². The van der Waals surface area contributed by atoms with Crippen LogP contribution in [-0.2, 0) is 10.0 Å². The molecule has 1 aliphatic rings. The average molecular weight is 218 g/mol. The molecular formula is C9H18N2O2S. The highest BCUT2D eigenvalue weighted by Gasteiger charge is 2.29. The largest absolute Gasteiger partial charge is 0.330 e. The smallest absolute Gasteiger partial charge is 0.214 e. The summed E-state index contributed by atoms with van der Waals surface area (Å²) in [6.45, 7) is 5.31. The van der Waals surface area contributed by atoms with Gasteiger partial charge in [-0.15, -0.1) is 6.58 Å². The van der Waals surface area contributed by atoms with E-state index in [-0.39, 0.29) is 5.75 Å². The number of hydrogen-bond donors (Lipinski definition) is 1. The fourth-order valence-corrected chi connectivity index (χ4v) is 3.15. The Balaban J connectivity index is 2.52. The monoisotopic (exact) mass is 218 g/mol. The fourth-order valence-electron chi connectivity index (χ4n) is 1.60. The van der Waals surface area contributed by atoms with Crippen molar-refractivity contribution in [2.75, 3.05) is 25.4 Å². The molecule has 1 saturated heterocycles. The summed E-state index contributed by atoms with van der Waals surface area (Å²) in [7, 11) is -3.06. The first kappa shape index (κ1) is 11.7. The van der Waals surface area contributed by atoms with Crippen LogP contribution in [0.3, 0.4) is 0 Å². The molecule has 5 heteroatoms. The van der Waals surface area contributed by atoms with Gasteiger partial charge in [0.05, 0.1) is 5.75 Å². The molecule has 1 aliphatic heterocycles. The van der Waals surface area contributed by atoms with Crippen LogP contribution >= 0.6 is 0 Å². The topological polar surface area (TPSA) is 63.4 Å². The van der Waals surface area contributed by atoms with Crippen molar-refractivity contribution in [3.63, 3.8) is 0 Å². The number of rotatable bonds is 5. The first-order valence-electron chi connectivity index (χ1n) is 4.89. The van der Waals surface area contributed by atoms with Crippen LogP contribution in [0.2, 0.25) is 0 Å². The number of nitrogens with zero attached hydrogens (tertiary/aromatic N) is 1. The molecule has 1 unspecified atom stereocenters. The third kappa shape index (κ3) is 2.80. The summed E-state index contributed by atoms with van der Waals surface area (Å²) in [6, 6.07) is 0. The Kier molecular flexibility index (Phi) is 4.10. The molecule has 1 atom stereocenters. The predicted molar refractivity (Wildman–Crippen MR) is 57.3 cm³/mol. The van der Waals surface area contributed by atoms with Crippen molar-refractivity contribution >= 4 is 10.0 Å². The molecule has 0 saturated carbocycles. The van der Waals surface area contributed by atoms with Gasteiger partial charge in [-0.3, -0.25) is 0 Å². The Hall–Kier alpha value is -0.390. The standard InChI is InChI=1S/C9H18N2O2S/c1-2-3-6-14(12,13)11-5-4-9(7-10)8-11/h2,9H,1,3-8,10H2. The van der Waals surface area contributed by atoms with Gasteiger partial charge in [-0.1, -0.05) is 6.08 Å². The zero-order valence-corrected chi connectivity index (χ0v) is 9.17. The minimum absolute atomic E-state index is 0.174. The number of sulfonamides is 1. The van der Waals surface area contributed by atoms with Gasteiger partial charge in [-0.05, 0) is 25.3 Å². The van der Waals surface area contributed by atoms with E-state index in [1.165, 1.54) is 0 Å².